The highest BCUT2D eigenvalue weighted by molar-refractivity contribution is 5.30. The molecule has 0 aliphatic carbocycles. The summed E-state index contributed by atoms with van der Waals surface area (Å²) < 4.78 is 0. The van der Waals surface area contributed by atoms with Crippen LogP contribution in [0.25, 0.3) is 0 Å². The minimum atomic E-state index is 0.0620. The predicted molar refractivity (Wildman–Crippen MR) is 68.8 cm³/mol. The maximum atomic E-state index is 3.41. The summed E-state index contributed by atoms with van der Waals surface area (Å²) >= 11 is 0. The first kappa shape index (κ1) is 11.6. The molecule has 1 fully saturated rings. The number of nitrogens with one attached hydrogen (secondary N) is 2. The van der Waals surface area contributed by atoms with Crippen molar-refractivity contribution in [3.8, 4) is 0 Å². The van der Waals surface area contributed by atoms with E-state index in [1.807, 2.05) is 7.05 Å². The lowest BCUT2D eigenvalue weighted by atomic mass is 9.91. The van der Waals surface area contributed by atoms with Gasteiger partial charge >= 0.3 is 0 Å². The second-order valence-electron chi connectivity index (χ2n) is 5.19. The van der Waals surface area contributed by atoms with Crippen LogP contribution >= 0.6 is 0 Å². The molecular weight excluding hydrogens is 196 g/mol. The maximum Gasteiger partial charge on any atom is 0.0374 e. The summed E-state index contributed by atoms with van der Waals surface area (Å²) in [6.45, 7) is 6.71. The molecule has 0 bridgehead atoms. The lowest BCUT2D eigenvalue weighted by molar-refractivity contribution is 0.444. The Morgan fingerprint density at radius 3 is 2.44 bits per heavy atom. The smallest absolute Gasteiger partial charge is 0.0374 e. The fourth-order valence-corrected chi connectivity index (χ4v) is 2.26. The molecule has 1 heterocycles. The van der Waals surface area contributed by atoms with Gasteiger partial charge in [0.05, 0.1) is 0 Å². The lowest BCUT2D eigenvalue weighted by Gasteiger charge is -2.25. The summed E-state index contributed by atoms with van der Waals surface area (Å²) in [5.74, 6) is 0.715. The van der Waals surface area contributed by atoms with E-state index in [9.17, 15) is 0 Å². The summed E-state index contributed by atoms with van der Waals surface area (Å²) in [6.07, 6.45) is 1.27. The van der Waals surface area contributed by atoms with Gasteiger partial charge in [-0.15, -0.1) is 0 Å². The van der Waals surface area contributed by atoms with Gasteiger partial charge in [0.2, 0.25) is 0 Å². The average Bonchev–Trinajstić information content (AvgIpc) is 2.83. The standard InChI is InChI=1S/C14H22N2/c1-14(2,15-3)13-6-4-11(5-7-13)12-8-9-16-10-12/h4-7,12,15-16H,8-10H2,1-3H3. The Bertz CT molecular complexity index is 334. The molecule has 88 valence electrons. The van der Waals surface area contributed by atoms with Crippen molar-refractivity contribution in [2.45, 2.75) is 31.7 Å². The third-order valence-electron chi connectivity index (χ3n) is 3.79. The monoisotopic (exact) mass is 218 g/mol. The van der Waals surface area contributed by atoms with E-state index in [-0.39, 0.29) is 5.54 Å². The fraction of sp³-hybridized carbons (Fsp3) is 0.571. The van der Waals surface area contributed by atoms with E-state index in [4.69, 9.17) is 0 Å². The second kappa shape index (κ2) is 4.56. The number of hydrogen-bond acceptors (Lipinski definition) is 2. The van der Waals surface area contributed by atoms with E-state index in [1.54, 1.807) is 0 Å². The minimum absolute atomic E-state index is 0.0620. The van der Waals surface area contributed by atoms with Crippen molar-refractivity contribution in [3.63, 3.8) is 0 Å². The fourth-order valence-electron chi connectivity index (χ4n) is 2.26. The largest absolute Gasteiger partial charge is 0.316 e. The van der Waals surface area contributed by atoms with Crippen molar-refractivity contribution in [1.82, 2.24) is 10.6 Å². The zero-order valence-corrected chi connectivity index (χ0v) is 10.5. The zero-order valence-electron chi connectivity index (χ0n) is 10.5. The second-order valence-corrected chi connectivity index (χ2v) is 5.19. The first-order valence-corrected chi connectivity index (χ1v) is 6.13. The molecule has 2 nitrogen and oxygen atoms in total. The van der Waals surface area contributed by atoms with Crippen LogP contribution < -0.4 is 10.6 Å². The van der Waals surface area contributed by atoms with Crippen molar-refractivity contribution in [1.29, 1.82) is 0 Å². The first-order valence-electron chi connectivity index (χ1n) is 6.13. The van der Waals surface area contributed by atoms with Crippen LogP contribution in [-0.4, -0.2) is 20.1 Å². The van der Waals surface area contributed by atoms with Crippen molar-refractivity contribution in [2.75, 3.05) is 20.1 Å². The van der Waals surface area contributed by atoms with Crippen LogP contribution in [0.3, 0.4) is 0 Å². The van der Waals surface area contributed by atoms with Gasteiger partial charge in [0, 0.05) is 12.1 Å². The molecule has 0 amide bonds. The van der Waals surface area contributed by atoms with Gasteiger partial charge in [0.1, 0.15) is 0 Å². The third-order valence-corrected chi connectivity index (χ3v) is 3.79. The lowest BCUT2D eigenvalue weighted by Crippen LogP contribution is -2.33. The van der Waals surface area contributed by atoms with Crippen molar-refractivity contribution in [2.24, 2.45) is 0 Å². The molecule has 1 aromatic rings. The van der Waals surface area contributed by atoms with Crippen LogP contribution in [-0.2, 0) is 5.54 Å². The van der Waals surface area contributed by atoms with Gasteiger partial charge in [0.15, 0.2) is 0 Å². The van der Waals surface area contributed by atoms with E-state index in [1.165, 1.54) is 17.5 Å². The molecule has 16 heavy (non-hydrogen) atoms. The molecule has 1 saturated heterocycles. The molecule has 2 heteroatoms. The Balaban J connectivity index is 2.15. The highest BCUT2D eigenvalue weighted by Crippen LogP contribution is 2.25. The summed E-state index contributed by atoms with van der Waals surface area (Å²) in [7, 11) is 2.01. The van der Waals surface area contributed by atoms with Gasteiger partial charge in [-0.05, 0) is 50.9 Å². The summed E-state index contributed by atoms with van der Waals surface area (Å²) in [5.41, 5.74) is 2.89. The molecule has 1 aliphatic rings. The summed E-state index contributed by atoms with van der Waals surface area (Å²) in [6, 6.07) is 9.08. The van der Waals surface area contributed by atoms with Gasteiger partial charge in [-0.25, -0.2) is 0 Å². The van der Waals surface area contributed by atoms with E-state index in [0.717, 1.165) is 13.1 Å². The number of rotatable bonds is 3. The molecule has 0 radical (unpaired) electrons. The van der Waals surface area contributed by atoms with Gasteiger partial charge in [-0.3, -0.25) is 0 Å². The van der Waals surface area contributed by atoms with E-state index < -0.39 is 0 Å². The highest BCUT2D eigenvalue weighted by atomic mass is 14.9. The molecular formula is C14H22N2. The Kier molecular flexibility index (Phi) is 3.31. The van der Waals surface area contributed by atoms with Crippen LogP contribution in [0.2, 0.25) is 0 Å². The Morgan fingerprint density at radius 2 is 1.94 bits per heavy atom. The quantitative estimate of drug-likeness (QED) is 0.813. The number of benzene rings is 1. The average molecular weight is 218 g/mol. The van der Waals surface area contributed by atoms with E-state index in [0.29, 0.717) is 5.92 Å². The van der Waals surface area contributed by atoms with Crippen LogP contribution in [0.1, 0.15) is 37.3 Å². The Labute approximate surface area is 98.4 Å². The molecule has 1 atom stereocenters. The molecule has 1 aromatic carbocycles. The highest BCUT2D eigenvalue weighted by Gasteiger charge is 2.19. The molecule has 0 spiro atoms. The normalized spacial score (nSPS) is 21.3. The van der Waals surface area contributed by atoms with Gasteiger partial charge < -0.3 is 10.6 Å². The maximum absolute atomic E-state index is 3.41. The van der Waals surface area contributed by atoms with Crippen molar-refractivity contribution < 1.29 is 0 Å². The SMILES string of the molecule is CNC(C)(C)c1ccc(C2CCNC2)cc1. The van der Waals surface area contributed by atoms with E-state index in [2.05, 4.69) is 48.7 Å². The molecule has 1 aliphatic heterocycles. The van der Waals surface area contributed by atoms with E-state index >= 15 is 0 Å². The molecule has 2 rings (SSSR count). The molecule has 1 unspecified atom stereocenters. The van der Waals surface area contributed by atoms with Crippen LogP contribution in [0, 0.1) is 0 Å². The number of hydrogen-bond donors (Lipinski definition) is 2. The molecule has 0 aromatic heterocycles. The zero-order chi connectivity index (χ0) is 11.6. The van der Waals surface area contributed by atoms with Crippen LogP contribution in [0.4, 0.5) is 0 Å². The Hall–Kier alpha value is -0.860. The third kappa shape index (κ3) is 2.28. The van der Waals surface area contributed by atoms with Crippen LogP contribution in [0.5, 0.6) is 0 Å². The first-order chi connectivity index (χ1) is 7.63. The summed E-state index contributed by atoms with van der Waals surface area (Å²) in [5, 5.41) is 6.75. The molecule has 2 N–H and O–H groups in total. The summed E-state index contributed by atoms with van der Waals surface area (Å²) in [4.78, 5) is 0. The topological polar surface area (TPSA) is 24.1 Å². The van der Waals surface area contributed by atoms with Gasteiger partial charge in [-0.1, -0.05) is 24.3 Å². The predicted octanol–water partition coefficient (Wildman–Crippen LogP) is 2.22. The van der Waals surface area contributed by atoms with Gasteiger partial charge in [0.25, 0.3) is 0 Å². The van der Waals surface area contributed by atoms with Gasteiger partial charge in [-0.2, -0.15) is 0 Å². The van der Waals surface area contributed by atoms with Crippen molar-refractivity contribution >= 4 is 0 Å². The molecule has 0 saturated carbocycles. The Morgan fingerprint density at radius 1 is 1.25 bits per heavy atom. The minimum Gasteiger partial charge on any atom is -0.316 e. The van der Waals surface area contributed by atoms with Crippen LogP contribution in [0.15, 0.2) is 24.3 Å². The van der Waals surface area contributed by atoms with Crippen molar-refractivity contribution in [3.05, 3.63) is 35.4 Å².